The molecule has 0 fully saturated rings. The number of hydrogen-bond donors (Lipinski definition) is 1. The molecular formula is C15H24O3. The molecule has 1 unspecified atom stereocenters. The summed E-state index contributed by atoms with van der Waals surface area (Å²) in [4.78, 5) is 0. The van der Waals surface area contributed by atoms with E-state index in [1.807, 2.05) is 25.1 Å². The van der Waals surface area contributed by atoms with E-state index in [4.69, 9.17) is 9.47 Å². The summed E-state index contributed by atoms with van der Waals surface area (Å²) in [5, 5.41) is 9.96. The third kappa shape index (κ3) is 4.22. The first-order chi connectivity index (χ1) is 8.72. The molecule has 0 saturated carbocycles. The van der Waals surface area contributed by atoms with Crippen LogP contribution in [-0.4, -0.2) is 18.3 Å². The number of benzene rings is 1. The predicted molar refractivity (Wildman–Crippen MR) is 73.3 cm³/mol. The first-order valence-electron chi connectivity index (χ1n) is 6.80. The van der Waals surface area contributed by atoms with Crippen LogP contribution < -0.4 is 9.47 Å². The van der Waals surface area contributed by atoms with E-state index in [2.05, 4.69) is 13.8 Å². The van der Waals surface area contributed by atoms with Crippen LogP contribution in [0.2, 0.25) is 0 Å². The lowest BCUT2D eigenvalue weighted by Gasteiger charge is -2.16. The Morgan fingerprint density at radius 3 is 2.33 bits per heavy atom. The summed E-state index contributed by atoms with van der Waals surface area (Å²) in [6.45, 7) is 7.44. The van der Waals surface area contributed by atoms with E-state index >= 15 is 0 Å². The minimum Gasteiger partial charge on any atom is -0.493 e. The highest BCUT2D eigenvalue weighted by Gasteiger charge is 2.13. The van der Waals surface area contributed by atoms with Crippen LogP contribution in [0.15, 0.2) is 18.2 Å². The van der Waals surface area contributed by atoms with E-state index in [9.17, 15) is 5.11 Å². The maximum absolute atomic E-state index is 9.96. The van der Waals surface area contributed by atoms with Gasteiger partial charge in [0.1, 0.15) is 11.5 Å². The molecule has 102 valence electrons. The fourth-order valence-corrected chi connectivity index (χ4v) is 1.66. The van der Waals surface area contributed by atoms with Crippen LogP contribution in [0.3, 0.4) is 0 Å². The Bertz CT molecular complexity index is 350. The van der Waals surface area contributed by atoms with E-state index in [-0.39, 0.29) is 0 Å². The predicted octanol–water partition coefficient (Wildman–Crippen LogP) is 3.71. The number of hydrogen-bond acceptors (Lipinski definition) is 3. The maximum Gasteiger partial charge on any atom is 0.128 e. The van der Waals surface area contributed by atoms with Crippen LogP contribution in [0.1, 0.15) is 51.7 Å². The molecule has 0 bridgehead atoms. The van der Waals surface area contributed by atoms with Gasteiger partial charge in [0.25, 0.3) is 0 Å². The van der Waals surface area contributed by atoms with E-state index < -0.39 is 6.10 Å². The maximum atomic E-state index is 9.96. The van der Waals surface area contributed by atoms with Gasteiger partial charge in [-0.05, 0) is 31.4 Å². The molecule has 0 aromatic heterocycles. The first kappa shape index (κ1) is 14.8. The third-order valence-electron chi connectivity index (χ3n) is 2.67. The largest absolute Gasteiger partial charge is 0.493 e. The summed E-state index contributed by atoms with van der Waals surface area (Å²) < 4.78 is 11.3. The summed E-state index contributed by atoms with van der Waals surface area (Å²) in [7, 11) is 0. The molecule has 1 N–H and O–H groups in total. The molecule has 0 heterocycles. The second-order valence-corrected chi connectivity index (χ2v) is 4.32. The van der Waals surface area contributed by atoms with Crippen molar-refractivity contribution in [1.29, 1.82) is 0 Å². The van der Waals surface area contributed by atoms with Gasteiger partial charge in [0.2, 0.25) is 0 Å². The summed E-state index contributed by atoms with van der Waals surface area (Å²) in [6, 6.07) is 5.66. The highest BCUT2D eigenvalue weighted by molar-refractivity contribution is 5.42. The van der Waals surface area contributed by atoms with Gasteiger partial charge in [-0.1, -0.05) is 20.8 Å². The molecular weight excluding hydrogens is 228 g/mol. The zero-order chi connectivity index (χ0) is 13.4. The van der Waals surface area contributed by atoms with Gasteiger partial charge in [-0.25, -0.2) is 0 Å². The lowest BCUT2D eigenvalue weighted by molar-refractivity contribution is 0.167. The van der Waals surface area contributed by atoms with Crippen molar-refractivity contribution < 1.29 is 14.6 Å². The Morgan fingerprint density at radius 2 is 1.72 bits per heavy atom. The van der Waals surface area contributed by atoms with Gasteiger partial charge in [0.05, 0.1) is 19.3 Å². The number of rotatable bonds is 8. The lowest BCUT2D eigenvalue weighted by Crippen LogP contribution is -2.04. The van der Waals surface area contributed by atoms with Crippen molar-refractivity contribution in [2.75, 3.05) is 13.2 Å². The van der Waals surface area contributed by atoms with Gasteiger partial charge in [0.15, 0.2) is 0 Å². The lowest BCUT2D eigenvalue weighted by atomic mass is 10.1. The third-order valence-corrected chi connectivity index (χ3v) is 2.67. The van der Waals surface area contributed by atoms with Gasteiger partial charge < -0.3 is 14.6 Å². The van der Waals surface area contributed by atoms with Crippen LogP contribution in [0.4, 0.5) is 0 Å². The highest BCUT2D eigenvalue weighted by atomic mass is 16.5. The number of aliphatic hydroxyl groups is 1. The standard InChI is InChI=1S/C15H24O3/c1-4-9-17-12-7-8-13(14(16)6-3)15(11-12)18-10-5-2/h7-8,11,14,16H,4-6,9-10H2,1-3H3. The average molecular weight is 252 g/mol. The molecule has 1 atom stereocenters. The summed E-state index contributed by atoms with van der Waals surface area (Å²) >= 11 is 0. The van der Waals surface area contributed by atoms with Crippen molar-refractivity contribution in [3.05, 3.63) is 23.8 Å². The van der Waals surface area contributed by atoms with E-state index in [0.717, 1.165) is 29.9 Å². The molecule has 0 aliphatic carbocycles. The van der Waals surface area contributed by atoms with Crippen molar-refractivity contribution in [2.45, 2.75) is 46.1 Å². The van der Waals surface area contributed by atoms with Gasteiger partial charge in [-0.3, -0.25) is 0 Å². The molecule has 3 heteroatoms. The van der Waals surface area contributed by atoms with Crippen LogP contribution in [-0.2, 0) is 0 Å². The Morgan fingerprint density at radius 1 is 1.06 bits per heavy atom. The van der Waals surface area contributed by atoms with Gasteiger partial charge in [-0.2, -0.15) is 0 Å². The van der Waals surface area contributed by atoms with Crippen molar-refractivity contribution >= 4 is 0 Å². The smallest absolute Gasteiger partial charge is 0.128 e. The SMILES string of the molecule is CCCOc1ccc(C(O)CC)c(OCCC)c1. The topological polar surface area (TPSA) is 38.7 Å². The quantitative estimate of drug-likeness (QED) is 0.766. The second-order valence-electron chi connectivity index (χ2n) is 4.32. The van der Waals surface area contributed by atoms with Gasteiger partial charge in [0, 0.05) is 11.6 Å². The molecule has 0 aliphatic rings. The minimum absolute atomic E-state index is 0.475. The van der Waals surface area contributed by atoms with Gasteiger partial charge >= 0.3 is 0 Å². The van der Waals surface area contributed by atoms with Gasteiger partial charge in [-0.15, -0.1) is 0 Å². The van der Waals surface area contributed by atoms with Crippen molar-refractivity contribution in [2.24, 2.45) is 0 Å². The molecule has 1 rings (SSSR count). The van der Waals surface area contributed by atoms with Crippen LogP contribution >= 0.6 is 0 Å². The van der Waals surface area contributed by atoms with Crippen molar-refractivity contribution in [1.82, 2.24) is 0 Å². The normalized spacial score (nSPS) is 12.2. The van der Waals surface area contributed by atoms with Crippen LogP contribution in [0.5, 0.6) is 11.5 Å². The van der Waals surface area contributed by atoms with E-state index in [1.54, 1.807) is 0 Å². The van der Waals surface area contributed by atoms with Crippen LogP contribution in [0, 0.1) is 0 Å². The van der Waals surface area contributed by atoms with Crippen LogP contribution in [0.25, 0.3) is 0 Å². The molecule has 18 heavy (non-hydrogen) atoms. The highest BCUT2D eigenvalue weighted by Crippen LogP contribution is 2.31. The fraction of sp³-hybridized carbons (Fsp3) is 0.600. The molecule has 1 aromatic carbocycles. The molecule has 0 saturated heterocycles. The zero-order valence-electron chi connectivity index (χ0n) is 11.6. The molecule has 0 aliphatic heterocycles. The first-order valence-corrected chi connectivity index (χ1v) is 6.80. The number of aliphatic hydroxyl groups excluding tert-OH is 1. The second kappa shape index (κ2) is 7.98. The van der Waals surface area contributed by atoms with E-state index in [1.165, 1.54) is 0 Å². The van der Waals surface area contributed by atoms with E-state index in [0.29, 0.717) is 19.6 Å². The fourth-order valence-electron chi connectivity index (χ4n) is 1.66. The zero-order valence-corrected chi connectivity index (χ0v) is 11.6. The monoisotopic (exact) mass is 252 g/mol. The molecule has 0 amide bonds. The average Bonchev–Trinajstić information content (AvgIpc) is 2.42. The summed E-state index contributed by atoms with van der Waals surface area (Å²) in [5.41, 5.74) is 0.842. The summed E-state index contributed by atoms with van der Waals surface area (Å²) in [5.74, 6) is 1.54. The number of ether oxygens (including phenoxy) is 2. The Hall–Kier alpha value is -1.22. The molecule has 0 spiro atoms. The summed E-state index contributed by atoms with van der Waals surface area (Å²) in [6.07, 6.45) is 2.13. The Labute approximate surface area is 110 Å². The molecule has 3 nitrogen and oxygen atoms in total. The van der Waals surface area contributed by atoms with Crippen molar-refractivity contribution in [3.8, 4) is 11.5 Å². The van der Waals surface area contributed by atoms with Crippen molar-refractivity contribution in [3.63, 3.8) is 0 Å². The molecule has 1 aromatic rings. The Balaban J connectivity index is 2.88. The minimum atomic E-state index is -0.475. The Kier molecular flexibility index (Phi) is 6.58. The molecule has 0 radical (unpaired) electrons.